The molecule has 3 aromatic carbocycles. The van der Waals surface area contributed by atoms with Crippen molar-refractivity contribution in [2.24, 2.45) is 0 Å². The molecule has 26 heavy (non-hydrogen) atoms. The van der Waals surface area contributed by atoms with E-state index < -0.39 is 11.4 Å². The molecule has 0 spiro atoms. The second-order valence-electron chi connectivity index (χ2n) is 6.17. The molecule has 1 aliphatic rings. The number of Topliss-reactive ketones (excluding diaryl/α,β-unsaturated/α-hetero) is 1. The molecule has 0 radical (unpaired) electrons. The summed E-state index contributed by atoms with van der Waals surface area (Å²) in [6.07, 6.45) is 0. The van der Waals surface area contributed by atoms with Crippen LogP contribution < -0.4 is 0 Å². The monoisotopic (exact) mass is 362 g/mol. The van der Waals surface area contributed by atoms with E-state index in [1.807, 2.05) is 12.1 Å². The first-order chi connectivity index (χ1) is 12.6. The lowest BCUT2D eigenvalue weighted by atomic mass is 9.94. The van der Waals surface area contributed by atoms with Gasteiger partial charge in [0.2, 0.25) is 17.3 Å². The maximum Gasteiger partial charge on any atom is 0.261 e. The molecule has 1 atom stereocenters. The number of benzene rings is 3. The fourth-order valence-corrected chi connectivity index (χ4v) is 3.66. The molecule has 4 aromatic rings. The van der Waals surface area contributed by atoms with Crippen molar-refractivity contribution in [2.75, 3.05) is 0 Å². The maximum atomic E-state index is 13.0. The minimum atomic E-state index is -1.99. The Labute approximate surface area is 152 Å². The third-order valence-corrected chi connectivity index (χ3v) is 4.91. The first-order valence-corrected chi connectivity index (χ1v) is 8.36. The van der Waals surface area contributed by atoms with Crippen LogP contribution in [0, 0.1) is 0 Å². The molecule has 1 heterocycles. The molecule has 0 aliphatic heterocycles. The SMILES string of the molecule is O=C1c2cccc3cccc(c23)C1(O)c1nnc(-c2cccc(Cl)c2)o1. The zero-order valence-electron chi connectivity index (χ0n) is 13.3. The van der Waals surface area contributed by atoms with Gasteiger partial charge in [-0.2, -0.15) is 0 Å². The van der Waals surface area contributed by atoms with Gasteiger partial charge in [0.05, 0.1) is 0 Å². The Kier molecular flexibility index (Phi) is 3.07. The number of carbonyl (C=O) groups excluding carboxylic acids is 1. The van der Waals surface area contributed by atoms with Crippen molar-refractivity contribution in [1.29, 1.82) is 0 Å². The van der Waals surface area contributed by atoms with Gasteiger partial charge in [-0.25, -0.2) is 0 Å². The lowest BCUT2D eigenvalue weighted by molar-refractivity contribution is 0.0405. The van der Waals surface area contributed by atoms with Crippen LogP contribution in [0.1, 0.15) is 21.8 Å². The summed E-state index contributed by atoms with van der Waals surface area (Å²) in [5.41, 5.74) is -0.478. The first-order valence-electron chi connectivity index (χ1n) is 7.98. The minimum absolute atomic E-state index is 0.152. The van der Waals surface area contributed by atoms with Crippen molar-refractivity contribution in [3.05, 3.63) is 82.7 Å². The van der Waals surface area contributed by atoms with Gasteiger partial charge in [0.15, 0.2) is 0 Å². The predicted octanol–water partition coefficient (Wildman–Crippen LogP) is 3.98. The number of hydrogen-bond acceptors (Lipinski definition) is 5. The van der Waals surface area contributed by atoms with Gasteiger partial charge in [-0.3, -0.25) is 4.79 Å². The zero-order chi connectivity index (χ0) is 17.9. The standard InChI is InChI=1S/C20H11ClN2O3/c21-13-7-1-6-12(10-13)18-22-23-19(26-18)20(25)15-9-3-5-11-4-2-8-14(16(11)15)17(20)24/h1-10,25H. The number of aromatic nitrogens is 2. The van der Waals surface area contributed by atoms with E-state index in [2.05, 4.69) is 10.2 Å². The molecule has 0 fully saturated rings. The van der Waals surface area contributed by atoms with Crippen LogP contribution in [0.4, 0.5) is 0 Å². The van der Waals surface area contributed by atoms with Gasteiger partial charge in [0, 0.05) is 21.7 Å². The molecule has 1 N–H and O–H groups in total. The smallest absolute Gasteiger partial charge is 0.261 e. The third-order valence-electron chi connectivity index (χ3n) is 4.67. The summed E-state index contributed by atoms with van der Waals surface area (Å²) < 4.78 is 5.69. The number of nitrogens with zero attached hydrogens (tertiary/aromatic N) is 2. The Morgan fingerprint density at radius 1 is 1.00 bits per heavy atom. The highest BCUT2D eigenvalue weighted by Crippen LogP contribution is 2.44. The van der Waals surface area contributed by atoms with Gasteiger partial charge < -0.3 is 9.52 Å². The minimum Gasteiger partial charge on any atom is -0.417 e. The Balaban J connectivity index is 1.70. The number of ketones is 1. The lowest BCUT2D eigenvalue weighted by Gasteiger charge is -2.17. The topological polar surface area (TPSA) is 76.2 Å². The molecule has 1 aromatic heterocycles. The molecule has 1 aliphatic carbocycles. The molecule has 5 rings (SSSR count). The van der Waals surface area contributed by atoms with Crippen molar-refractivity contribution >= 4 is 28.2 Å². The lowest BCUT2D eigenvalue weighted by Crippen LogP contribution is -2.33. The Hall–Kier alpha value is -3.02. The van der Waals surface area contributed by atoms with Crippen LogP contribution in [0.5, 0.6) is 0 Å². The molecule has 6 heteroatoms. The summed E-state index contributed by atoms with van der Waals surface area (Å²) in [5, 5.41) is 21.4. The van der Waals surface area contributed by atoms with Crippen LogP contribution in [-0.4, -0.2) is 21.1 Å². The number of halogens is 1. The Bertz CT molecular complexity index is 1200. The molecule has 0 amide bonds. The first kappa shape index (κ1) is 15.3. The average Bonchev–Trinajstić information content (AvgIpc) is 3.23. The van der Waals surface area contributed by atoms with E-state index >= 15 is 0 Å². The summed E-state index contributed by atoms with van der Waals surface area (Å²) in [7, 11) is 0. The molecule has 5 nitrogen and oxygen atoms in total. The van der Waals surface area contributed by atoms with Crippen LogP contribution >= 0.6 is 11.6 Å². The van der Waals surface area contributed by atoms with Crippen LogP contribution in [0.15, 0.2) is 65.1 Å². The number of carbonyl (C=O) groups is 1. The highest BCUT2D eigenvalue weighted by molar-refractivity contribution is 6.30. The highest BCUT2D eigenvalue weighted by atomic mass is 35.5. The van der Waals surface area contributed by atoms with Crippen molar-refractivity contribution in [3.63, 3.8) is 0 Å². The van der Waals surface area contributed by atoms with Crippen molar-refractivity contribution < 1.29 is 14.3 Å². The molecule has 126 valence electrons. The maximum absolute atomic E-state index is 13.0. The Morgan fingerprint density at radius 2 is 1.77 bits per heavy atom. The van der Waals surface area contributed by atoms with Crippen LogP contribution in [-0.2, 0) is 5.60 Å². The highest BCUT2D eigenvalue weighted by Gasteiger charge is 2.51. The number of rotatable bonds is 2. The zero-order valence-corrected chi connectivity index (χ0v) is 14.1. The molecular formula is C20H11ClN2O3. The van der Waals surface area contributed by atoms with E-state index in [0.29, 0.717) is 27.1 Å². The van der Waals surface area contributed by atoms with Crippen molar-refractivity contribution in [3.8, 4) is 11.5 Å². The largest absolute Gasteiger partial charge is 0.417 e. The van der Waals surface area contributed by atoms with E-state index in [0.717, 1.165) is 5.39 Å². The molecule has 0 saturated heterocycles. The van der Waals surface area contributed by atoms with Crippen molar-refractivity contribution in [2.45, 2.75) is 5.60 Å². The van der Waals surface area contributed by atoms with E-state index in [1.54, 1.807) is 48.5 Å². The van der Waals surface area contributed by atoms with Gasteiger partial charge in [-0.05, 0) is 29.0 Å². The van der Waals surface area contributed by atoms with Gasteiger partial charge >= 0.3 is 0 Å². The summed E-state index contributed by atoms with van der Waals surface area (Å²) in [6, 6.07) is 17.7. The van der Waals surface area contributed by atoms with Gasteiger partial charge in [0.25, 0.3) is 5.89 Å². The van der Waals surface area contributed by atoms with Crippen LogP contribution in [0.2, 0.25) is 5.02 Å². The third kappa shape index (κ3) is 1.92. The fraction of sp³-hybridized carbons (Fsp3) is 0.0500. The molecular weight excluding hydrogens is 352 g/mol. The second kappa shape index (κ2) is 5.24. The van der Waals surface area contributed by atoms with E-state index in [-0.39, 0.29) is 11.8 Å². The summed E-state index contributed by atoms with van der Waals surface area (Å²) >= 11 is 6.00. The van der Waals surface area contributed by atoms with Gasteiger partial charge in [0.1, 0.15) is 0 Å². The second-order valence-corrected chi connectivity index (χ2v) is 6.61. The quantitative estimate of drug-likeness (QED) is 0.583. The van der Waals surface area contributed by atoms with E-state index in [1.165, 1.54) is 0 Å². The Morgan fingerprint density at radius 3 is 2.58 bits per heavy atom. The van der Waals surface area contributed by atoms with Gasteiger partial charge in [-0.1, -0.05) is 54.1 Å². The van der Waals surface area contributed by atoms with E-state index in [9.17, 15) is 9.90 Å². The van der Waals surface area contributed by atoms with E-state index in [4.69, 9.17) is 16.0 Å². The van der Waals surface area contributed by atoms with Gasteiger partial charge in [-0.15, -0.1) is 10.2 Å². The summed E-state index contributed by atoms with van der Waals surface area (Å²) in [5.74, 6) is -0.432. The summed E-state index contributed by atoms with van der Waals surface area (Å²) in [4.78, 5) is 13.0. The predicted molar refractivity (Wildman–Crippen MR) is 96.0 cm³/mol. The number of aliphatic hydroxyl groups is 1. The molecule has 0 saturated carbocycles. The average molecular weight is 363 g/mol. The summed E-state index contributed by atoms with van der Waals surface area (Å²) in [6.45, 7) is 0. The normalized spacial score (nSPS) is 18.6. The number of hydrogen-bond donors (Lipinski definition) is 1. The fourth-order valence-electron chi connectivity index (χ4n) is 3.47. The molecule has 0 bridgehead atoms. The van der Waals surface area contributed by atoms with Crippen LogP contribution in [0.25, 0.3) is 22.2 Å². The molecule has 1 unspecified atom stereocenters. The van der Waals surface area contributed by atoms with Crippen molar-refractivity contribution in [1.82, 2.24) is 10.2 Å². The van der Waals surface area contributed by atoms with Crippen LogP contribution in [0.3, 0.4) is 0 Å².